The van der Waals surface area contributed by atoms with Crippen molar-refractivity contribution >= 4 is 35.1 Å². The molecule has 1 atom stereocenters. The number of carbonyl (C=O) groups is 2. The van der Waals surface area contributed by atoms with E-state index >= 15 is 0 Å². The van der Waals surface area contributed by atoms with E-state index in [-0.39, 0.29) is 33.4 Å². The number of amides is 1. The summed E-state index contributed by atoms with van der Waals surface area (Å²) in [5, 5.41) is 31.3. The third-order valence-corrected chi connectivity index (χ3v) is 6.93. The molecule has 0 aliphatic heterocycles. The molecule has 182 valence electrons. The van der Waals surface area contributed by atoms with Crippen LogP contribution in [0.1, 0.15) is 60.2 Å². The van der Waals surface area contributed by atoms with Gasteiger partial charge in [-0.3, -0.25) is 4.79 Å². The van der Waals surface area contributed by atoms with E-state index < -0.39 is 11.2 Å². The number of rotatable bonds is 8. The quantitative estimate of drug-likeness (QED) is 0.348. The average molecular weight is 500 g/mol. The number of nitriles is 2. The number of nitrogen functional groups attached to an aromatic ring is 1. The highest BCUT2D eigenvalue weighted by Crippen LogP contribution is 2.38. The highest BCUT2D eigenvalue weighted by atomic mass is 32.2. The summed E-state index contributed by atoms with van der Waals surface area (Å²) in [6, 6.07) is 17.7. The highest BCUT2D eigenvalue weighted by Gasteiger charge is 2.25. The number of nitrogens with one attached hydrogen (secondary N) is 1. The maximum atomic E-state index is 13.0. The second-order valence-electron chi connectivity index (χ2n) is 8.32. The SMILES string of the molecule is CCC(Sc1nc(N)c(C#N)c(-c2ccc(C(C)C)cc2)c1C#N)C(=O)Nc1cccc(C(=O)O)c1. The summed E-state index contributed by atoms with van der Waals surface area (Å²) in [5.74, 6) is -1.18. The van der Waals surface area contributed by atoms with E-state index in [0.717, 1.165) is 17.3 Å². The fourth-order valence-electron chi connectivity index (χ4n) is 3.62. The third-order valence-electron chi connectivity index (χ3n) is 5.58. The molecular weight excluding hydrogens is 474 g/mol. The Morgan fingerprint density at radius 2 is 1.78 bits per heavy atom. The molecule has 0 bridgehead atoms. The second kappa shape index (κ2) is 11.4. The molecule has 1 unspecified atom stereocenters. The Morgan fingerprint density at radius 3 is 2.33 bits per heavy atom. The molecule has 0 aliphatic carbocycles. The first-order chi connectivity index (χ1) is 17.2. The maximum Gasteiger partial charge on any atom is 0.335 e. The number of aromatic carboxylic acids is 1. The summed E-state index contributed by atoms with van der Waals surface area (Å²) >= 11 is 1.08. The Labute approximate surface area is 213 Å². The fraction of sp³-hybridized carbons (Fsp3) is 0.222. The van der Waals surface area contributed by atoms with Crippen LogP contribution >= 0.6 is 11.8 Å². The molecule has 0 aliphatic rings. The molecule has 9 heteroatoms. The number of nitrogens with two attached hydrogens (primary N) is 1. The van der Waals surface area contributed by atoms with Gasteiger partial charge in [-0.05, 0) is 41.7 Å². The number of pyridine rings is 1. The van der Waals surface area contributed by atoms with Crippen LogP contribution in [0.2, 0.25) is 0 Å². The lowest BCUT2D eigenvalue weighted by molar-refractivity contribution is -0.115. The lowest BCUT2D eigenvalue weighted by atomic mass is 9.94. The smallest absolute Gasteiger partial charge is 0.335 e. The zero-order chi connectivity index (χ0) is 26.4. The molecular formula is C27H25N5O3S. The second-order valence-corrected chi connectivity index (χ2v) is 9.51. The van der Waals surface area contributed by atoms with E-state index in [1.165, 1.54) is 12.1 Å². The standard InChI is InChI=1S/C27H25N5O3S/c1-4-22(25(33)31-19-7-5-6-18(12-19)27(34)35)36-26-21(14-29)23(20(13-28)24(30)32-26)17-10-8-16(9-11-17)15(2)3/h5-12,15,22H,4H2,1-3H3,(H2,30,32)(H,31,33)(H,34,35). The van der Waals surface area contributed by atoms with Gasteiger partial charge in [0.25, 0.3) is 0 Å². The van der Waals surface area contributed by atoms with Crippen molar-refractivity contribution in [3.8, 4) is 23.3 Å². The number of nitrogens with zero attached hydrogens (tertiary/aromatic N) is 3. The Hall–Kier alpha value is -4.34. The Balaban J connectivity index is 1.99. The predicted octanol–water partition coefficient (Wildman–Crippen LogP) is 5.41. The van der Waals surface area contributed by atoms with Crippen molar-refractivity contribution < 1.29 is 14.7 Å². The van der Waals surface area contributed by atoms with Crippen LogP contribution < -0.4 is 11.1 Å². The minimum atomic E-state index is -1.10. The van der Waals surface area contributed by atoms with Crippen LogP contribution in [-0.2, 0) is 4.79 Å². The molecule has 2 aromatic carbocycles. The van der Waals surface area contributed by atoms with Crippen LogP contribution in [0.5, 0.6) is 0 Å². The average Bonchev–Trinajstić information content (AvgIpc) is 2.86. The Kier molecular flexibility index (Phi) is 8.31. The predicted molar refractivity (Wildman–Crippen MR) is 140 cm³/mol. The fourth-order valence-corrected chi connectivity index (χ4v) is 4.64. The van der Waals surface area contributed by atoms with Gasteiger partial charge in [-0.2, -0.15) is 10.5 Å². The van der Waals surface area contributed by atoms with Crippen molar-refractivity contribution in [2.45, 2.75) is 43.4 Å². The molecule has 1 amide bonds. The first-order valence-corrected chi connectivity index (χ1v) is 12.1. The van der Waals surface area contributed by atoms with E-state index in [2.05, 4.69) is 36.3 Å². The molecule has 0 fully saturated rings. The summed E-state index contributed by atoms with van der Waals surface area (Å²) in [4.78, 5) is 28.6. The van der Waals surface area contributed by atoms with Gasteiger partial charge >= 0.3 is 5.97 Å². The van der Waals surface area contributed by atoms with Gasteiger partial charge in [0, 0.05) is 11.3 Å². The van der Waals surface area contributed by atoms with Crippen molar-refractivity contribution in [3.63, 3.8) is 0 Å². The molecule has 1 heterocycles. The zero-order valence-corrected chi connectivity index (χ0v) is 20.9. The minimum Gasteiger partial charge on any atom is -0.478 e. The largest absolute Gasteiger partial charge is 0.478 e. The summed E-state index contributed by atoms with van der Waals surface area (Å²) < 4.78 is 0. The normalized spacial score (nSPS) is 11.4. The minimum absolute atomic E-state index is 0.0219. The molecule has 4 N–H and O–H groups in total. The summed E-state index contributed by atoms with van der Waals surface area (Å²) in [5.41, 5.74) is 8.95. The van der Waals surface area contributed by atoms with Crippen LogP contribution in [0.25, 0.3) is 11.1 Å². The van der Waals surface area contributed by atoms with Crippen LogP contribution in [0.15, 0.2) is 53.6 Å². The number of hydrogen-bond donors (Lipinski definition) is 3. The lowest BCUT2D eigenvalue weighted by Gasteiger charge is -2.18. The highest BCUT2D eigenvalue weighted by molar-refractivity contribution is 8.00. The Morgan fingerprint density at radius 1 is 1.11 bits per heavy atom. The van der Waals surface area contributed by atoms with Crippen molar-refractivity contribution in [1.82, 2.24) is 4.98 Å². The monoisotopic (exact) mass is 499 g/mol. The summed E-state index contributed by atoms with van der Waals surface area (Å²) in [6.45, 7) is 5.96. The molecule has 1 aromatic heterocycles. The number of thioether (sulfide) groups is 1. The van der Waals surface area contributed by atoms with Crippen LogP contribution in [-0.4, -0.2) is 27.2 Å². The number of carboxylic acid groups (broad SMARTS) is 1. The number of hydrogen-bond acceptors (Lipinski definition) is 7. The van der Waals surface area contributed by atoms with E-state index in [0.29, 0.717) is 29.2 Å². The van der Waals surface area contributed by atoms with Crippen molar-refractivity contribution in [1.29, 1.82) is 10.5 Å². The van der Waals surface area contributed by atoms with Gasteiger partial charge < -0.3 is 16.2 Å². The van der Waals surface area contributed by atoms with E-state index in [9.17, 15) is 25.2 Å². The number of carbonyl (C=O) groups excluding carboxylic acids is 1. The lowest BCUT2D eigenvalue weighted by Crippen LogP contribution is -2.25. The van der Waals surface area contributed by atoms with E-state index in [1.54, 1.807) is 12.1 Å². The first kappa shape index (κ1) is 26.3. The number of anilines is 2. The van der Waals surface area contributed by atoms with Gasteiger partial charge in [-0.25, -0.2) is 9.78 Å². The number of carboxylic acids is 1. The van der Waals surface area contributed by atoms with Gasteiger partial charge in [0.05, 0.1) is 16.4 Å². The van der Waals surface area contributed by atoms with Crippen LogP contribution in [0.4, 0.5) is 11.5 Å². The van der Waals surface area contributed by atoms with Gasteiger partial charge in [-0.15, -0.1) is 0 Å². The molecule has 36 heavy (non-hydrogen) atoms. The topological polar surface area (TPSA) is 153 Å². The Bertz CT molecular complexity index is 1390. The van der Waals surface area contributed by atoms with Crippen molar-refractivity contribution in [2.75, 3.05) is 11.1 Å². The summed E-state index contributed by atoms with van der Waals surface area (Å²) in [7, 11) is 0. The van der Waals surface area contributed by atoms with Gasteiger partial charge in [0.1, 0.15) is 28.5 Å². The number of aromatic nitrogens is 1. The number of benzene rings is 2. The van der Waals surface area contributed by atoms with Gasteiger partial charge in [0.2, 0.25) is 5.91 Å². The zero-order valence-electron chi connectivity index (χ0n) is 20.1. The van der Waals surface area contributed by atoms with E-state index in [4.69, 9.17) is 5.73 Å². The molecule has 0 spiro atoms. The first-order valence-electron chi connectivity index (χ1n) is 11.2. The molecule has 3 rings (SSSR count). The van der Waals surface area contributed by atoms with Gasteiger partial charge in [0.15, 0.2) is 0 Å². The molecule has 0 saturated heterocycles. The molecule has 0 saturated carbocycles. The molecule has 3 aromatic rings. The van der Waals surface area contributed by atoms with E-state index in [1.807, 2.05) is 31.2 Å². The van der Waals surface area contributed by atoms with Crippen LogP contribution in [0, 0.1) is 22.7 Å². The van der Waals surface area contributed by atoms with Crippen LogP contribution in [0.3, 0.4) is 0 Å². The molecule has 0 radical (unpaired) electrons. The third kappa shape index (κ3) is 5.65. The van der Waals surface area contributed by atoms with Crippen molar-refractivity contribution in [3.05, 3.63) is 70.8 Å². The molecule has 8 nitrogen and oxygen atoms in total. The summed E-state index contributed by atoms with van der Waals surface area (Å²) in [6.07, 6.45) is 0.403. The maximum absolute atomic E-state index is 13.0. The van der Waals surface area contributed by atoms with Gasteiger partial charge in [-0.1, -0.05) is 62.9 Å². The van der Waals surface area contributed by atoms with Crippen molar-refractivity contribution in [2.24, 2.45) is 0 Å².